The molecule has 16 nitrogen and oxygen atoms in total. The summed E-state index contributed by atoms with van der Waals surface area (Å²) in [7, 11) is 0. The number of pyridine rings is 4. The van der Waals surface area contributed by atoms with Gasteiger partial charge in [0.1, 0.15) is 23.8 Å². The first-order valence-corrected chi connectivity index (χ1v) is 38.9. The van der Waals surface area contributed by atoms with Gasteiger partial charge in [0.2, 0.25) is 5.82 Å². The average Bonchev–Trinajstić information content (AvgIpc) is 1.61. The zero-order chi connectivity index (χ0) is 89.8. The third-order valence-corrected chi connectivity index (χ3v) is 17.9. The highest BCUT2D eigenvalue weighted by Gasteiger charge is 2.52. The van der Waals surface area contributed by atoms with Crippen molar-refractivity contribution < 1.29 is 27.4 Å². The van der Waals surface area contributed by atoms with E-state index in [2.05, 4.69) is 216 Å². The predicted molar refractivity (Wildman–Crippen MR) is 475 cm³/mol. The van der Waals surface area contributed by atoms with Gasteiger partial charge in [-0.1, -0.05) is 237 Å². The van der Waals surface area contributed by atoms with Crippen molar-refractivity contribution in [1.82, 2.24) is 39.9 Å². The molecule has 6 aromatic heterocycles. The number of nitro groups is 2. The van der Waals surface area contributed by atoms with Crippen molar-refractivity contribution in [1.29, 1.82) is 10.5 Å². The molecule has 1 saturated carbocycles. The number of non-ortho nitro benzene ring substituents is 1. The Kier molecular flexibility index (Phi) is 42.2. The summed E-state index contributed by atoms with van der Waals surface area (Å²) in [4.78, 5) is 52.8. The van der Waals surface area contributed by atoms with Crippen molar-refractivity contribution in [2.45, 2.75) is 244 Å². The van der Waals surface area contributed by atoms with Crippen LogP contribution in [0.15, 0.2) is 185 Å². The molecule has 0 spiro atoms. The first-order valence-electron chi connectivity index (χ1n) is 38.9. The molecule has 626 valence electrons. The zero-order valence-electron chi connectivity index (χ0n) is 74.1. The Balaban J connectivity index is 0.000000651. The Hall–Kier alpha value is -11.4. The van der Waals surface area contributed by atoms with Crippen molar-refractivity contribution in [2.24, 2.45) is 10.8 Å². The highest BCUT2D eigenvalue weighted by Crippen LogP contribution is 2.57. The van der Waals surface area contributed by atoms with Crippen LogP contribution < -0.4 is 0 Å². The molecule has 1 fully saturated rings. The van der Waals surface area contributed by atoms with E-state index in [4.69, 9.17) is 10.5 Å². The van der Waals surface area contributed by atoms with Crippen LogP contribution in [0.4, 0.5) is 28.9 Å². The molecule has 0 atom stereocenters. The smallest absolute Gasteiger partial charge is 0.264 e. The fourth-order valence-electron chi connectivity index (χ4n) is 10.2. The second-order valence-corrected chi connectivity index (χ2v) is 35.0. The van der Waals surface area contributed by atoms with Crippen molar-refractivity contribution in [3.05, 3.63) is 314 Å². The Bertz CT molecular complexity index is 4530. The molecule has 117 heavy (non-hydrogen) atoms. The molecule has 3 aromatic carbocycles. The summed E-state index contributed by atoms with van der Waals surface area (Å²) in [5, 5.41) is 38.0. The Morgan fingerprint density at radius 1 is 0.453 bits per heavy atom. The molecule has 0 bridgehead atoms. The van der Waals surface area contributed by atoms with Gasteiger partial charge in [-0.3, -0.25) is 40.2 Å². The fraction of sp³-hybridized carbons (Fsp3) is 0.402. The normalized spacial score (nSPS) is 11.8. The van der Waals surface area contributed by atoms with Crippen molar-refractivity contribution in [2.75, 3.05) is 0 Å². The number of hydrogen-bond acceptors (Lipinski definition) is 14. The van der Waals surface area contributed by atoms with E-state index in [0.717, 1.165) is 58.8 Å². The molecular weight excluding hydrogens is 1470 g/mol. The summed E-state index contributed by atoms with van der Waals surface area (Å²) in [5.74, 6) is -0.550. The van der Waals surface area contributed by atoms with E-state index in [1.807, 2.05) is 82.4 Å². The third-order valence-electron chi connectivity index (χ3n) is 17.9. The first-order chi connectivity index (χ1) is 54.1. The van der Waals surface area contributed by atoms with Crippen LogP contribution in [0.1, 0.15) is 301 Å². The van der Waals surface area contributed by atoms with Gasteiger partial charge in [-0.05, 0) is 184 Å². The number of hydrogen-bond donors (Lipinski definition) is 0. The Morgan fingerprint density at radius 3 is 1.39 bits per heavy atom. The number of nitro benzene ring substituents is 2. The number of rotatable bonds is 11. The van der Waals surface area contributed by atoms with E-state index >= 15 is 0 Å². The van der Waals surface area contributed by atoms with Gasteiger partial charge in [0.15, 0.2) is 5.82 Å². The van der Waals surface area contributed by atoms with Gasteiger partial charge >= 0.3 is 5.69 Å². The highest BCUT2D eigenvalue weighted by molar-refractivity contribution is 5.49. The van der Waals surface area contributed by atoms with Crippen LogP contribution in [0.3, 0.4) is 0 Å². The SMILES string of the molecule is C=Cc1cc(C(C)(C)C)ccn1.C=Cc1cc(C(C)(C)C)ncn1.C=Cc1cccc(C(C)(C)C)n1.C=Cc1nccc(C(C)(C)C)n1.C=Cc1ncccc1C(C)(C)C.CC(C)(C)C1(C#N)CC1.CC(C)c1cc(C#N)ccc1F.CC(C)c1cc([N+](=O)[O-])ccc1F.CC(C)c1cccc([N+](=O)[O-])c1F.CC(C)c1cnccc1F. The summed E-state index contributed by atoms with van der Waals surface area (Å²) in [6.45, 7) is 72.0. The monoisotopic (exact) mass is 1600 g/mol. The number of aromatic nitrogens is 8. The fourth-order valence-corrected chi connectivity index (χ4v) is 10.2. The second-order valence-electron chi connectivity index (χ2n) is 35.0. The molecule has 6 heterocycles. The molecule has 0 radical (unpaired) electrons. The van der Waals surface area contributed by atoms with Gasteiger partial charge in [0.05, 0.1) is 55.7 Å². The van der Waals surface area contributed by atoms with Crippen LogP contribution >= 0.6 is 0 Å². The molecule has 0 N–H and O–H groups in total. The minimum Gasteiger partial charge on any atom is -0.264 e. The van der Waals surface area contributed by atoms with Crippen LogP contribution in [0, 0.1) is 77.0 Å². The maximum Gasteiger partial charge on any atom is 0.305 e. The minimum atomic E-state index is -0.720. The lowest BCUT2D eigenvalue weighted by molar-refractivity contribution is -0.387. The minimum absolute atomic E-state index is 0.0347. The van der Waals surface area contributed by atoms with E-state index in [9.17, 15) is 37.8 Å². The maximum absolute atomic E-state index is 13.3. The number of nitrogens with zero attached hydrogens (tertiary/aromatic N) is 12. The molecule has 0 saturated heterocycles. The lowest BCUT2D eigenvalue weighted by Gasteiger charge is -2.23. The van der Waals surface area contributed by atoms with Gasteiger partial charge in [-0.2, -0.15) is 14.9 Å². The summed E-state index contributed by atoms with van der Waals surface area (Å²) < 4.78 is 52.2. The summed E-state index contributed by atoms with van der Waals surface area (Å²) in [6.07, 6.45) is 21.0. The average molecular weight is 1600 g/mol. The van der Waals surface area contributed by atoms with E-state index in [-0.39, 0.29) is 84.7 Å². The second kappa shape index (κ2) is 47.6. The molecule has 0 aliphatic heterocycles. The molecule has 1 aliphatic rings. The van der Waals surface area contributed by atoms with Crippen molar-refractivity contribution >= 4 is 41.8 Å². The maximum atomic E-state index is 13.3. The van der Waals surface area contributed by atoms with Gasteiger partial charge < -0.3 is 0 Å². The standard InChI is InChI=1S/3C11H15N.C10H10FN.2C10H14N2.2C9H10FNO2.C8H10FN.C8H13N/c1-5-10-8-9(6-7-12-10)11(2,3)4;1-5-10-9(11(2,3)4)7-6-8-12-10;1-5-9-7-6-8-10(12-9)11(2,3)4;1-7(2)9-5-8(6-12)3-4-10(9)11;1-5-8-6-9(10(2,3)4)12-7-11-8;1-5-9-11-7-6-8(12-9)10(2,3)4;1-6(2)8-5-7(11(12)13)3-4-9(8)10;1-6(2)7-4-3-5-8(9(7)10)11(12)13;1-6(2)7-5-10-4-3-8(7)9;1-7(2,3)8(6-9)4-5-8/h3*5-8H,1H2,2-4H3;3-5,7H,1-2H3;2*5-7H,1H2,2-4H3;2*3-6H,1-2H3;3-6H,1-2H3;4-5H2,1-3H3. The number of benzene rings is 3. The lowest BCUT2D eigenvalue weighted by Crippen LogP contribution is -2.19. The van der Waals surface area contributed by atoms with Crippen LogP contribution in [0.2, 0.25) is 0 Å². The number of halogens is 4. The molecular formula is C97H126F4N12O4. The van der Waals surface area contributed by atoms with E-state index in [1.54, 1.807) is 95.1 Å². The summed E-state index contributed by atoms with van der Waals surface area (Å²) >= 11 is 0. The van der Waals surface area contributed by atoms with Crippen LogP contribution in [-0.2, 0) is 27.1 Å². The molecule has 20 heteroatoms. The lowest BCUT2D eigenvalue weighted by atomic mass is 9.79. The molecule has 0 unspecified atom stereocenters. The topological polar surface area (TPSA) is 237 Å². The summed E-state index contributed by atoms with van der Waals surface area (Å²) in [6, 6.07) is 36.1. The molecule has 1 aliphatic carbocycles. The molecule has 0 amide bonds. The van der Waals surface area contributed by atoms with Crippen LogP contribution in [-0.4, -0.2) is 49.7 Å². The summed E-state index contributed by atoms with van der Waals surface area (Å²) in [5.41, 5.74) is 12.4. The van der Waals surface area contributed by atoms with Gasteiger partial charge in [-0.25, -0.2) is 33.1 Å². The van der Waals surface area contributed by atoms with Crippen LogP contribution in [0.5, 0.6) is 0 Å². The quantitative estimate of drug-likeness (QED) is 0.0665. The van der Waals surface area contributed by atoms with E-state index < -0.39 is 21.4 Å². The van der Waals surface area contributed by atoms with Gasteiger partial charge in [0.25, 0.3) is 5.69 Å². The van der Waals surface area contributed by atoms with E-state index in [1.165, 1.54) is 59.8 Å². The Morgan fingerprint density at radius 2 is 0.966 bits per heavy atom. The van der Waals surface area contributed by atoms with Gasteiger partial charge in [0, 0.05) is 88.1 Å². The largest absolute Gasteiger partial charge is 0.305 e. The predicted octanol–water partition coefficient (Wildman–Crippen LogP) is 27.1. The van der Waals surface area contributed by atoms with E-state index in [0.29, 0.717) is 33.6 Å². The number of nitriles is 2. The molecule has 9 aromatic rings. The first kappa shape index (κ1) is 104. The van der Waals surface area contributed by atoms with Crippen molar-refractivity contribution in [3.8, 4) is 12.1 Å². The third kappa shape index (κ3) is 36.5. The van der Waals surface area contributed by atoms with Gasteiger partial charge in [-0.15, -0.1) is 0 Å². The highest BCUT2D eigenvalue weighted by atomic mass is 19.1. The van der Waals surface area contributed by atoms with Crippen molar-refractivity contribution in [3.63, 3.8) is 0 Å². The van der Waals surface area contributed by atoms with Crippen LogP contribution in [0.25, 0.3) is 30.4 Å². The zero-order valence-corrected chi connectivity index (χ0v) is 74.1. The molecule has 10 rings (SSSR count). The Labute approximate surface area is 696 Å².